The molecule has 37 heavy (non-hydrogen) atoms. The molecule has 0 bridgehead atoms. The van der Waals surface area contributed by atoms with Crippen LogP contribution in [0.1, 0.15) is 63.3 Å². The number of hydrogen-bond donors (Lipinski definition) is 3. The summed E-state index contributed by atoms with van der Waals surface area (Å²) in [5, 5.41) is 31.9. The van der Waals surface area contributed by atoms with Gasteiger partial charge in [-0.25, -0.2) is 0 Å². The number of aliphatic hydroxyl groups excluding tert-OH is 2. The lowest BCUT2D eigenvalue weighted by atomic mass is 9.57. The number of methoxy groups -OCH3 is 2. The van der Waals surface area contributed by atoms with Gasteiger partial charge in [-0.2, -0.15) is 0 Å². The lowest BCUT2D eigenvalue weighted by Gasteiger charge is -2.56. The van der Waals surface area contributed by atoms with Crippen molar-refractivity contribution in [3.05, 3.63) is 58.2 Å². The van der Waals surface area contributed by atoms with E-state index in [9.17, 15) is 15.3 Å². The average Bonchev–Trinajstić information content (AvgIpc) is 2.84. The molecule has 0 amide bonds. The van der Waals surface area contributed by atoms with E-state index >= 15 is 0 Å². The molecule has 0 aromatic heterocycles. The van der Waals surface area contributed by atoms with E-state index in [0.29, 0.717) is 36.5 Å². The summed E-state index contributed by atoms with van der Waals surface area (Å²) < 4.78 is 17.8. The van der Waals surface area contributed by atoms with Gasteiger partial charge in [0, 0.05) is 23.3 Å². The minimum absolute atomic E-state index is 0.0180. The monoisotopic (exact) mass is 508 g/mol. The molecule has 200 valence electrons. The van der Waals surface area contributed by atoms with Gasteiger partial charge in [0.1, 0.15) is 17.1 Å². The van der Waals surface area contributed by atoms with Crippen LogP contribution in [0.25, 0.3) is 12.2 Å². The Balaban J connectivity index is 1.67. The van der Waals surface area contributed by atoms with E-state index < -0.39 is 23.2 Å². The predicted molar refractivity (Wildman–Crippen MR) is 146 cm³/mol. The normalized spacial score (nSPS) is 26.1. The van der Waals surface area contributed by atoms with Crippen molar-refractivity contribution >= 4 is 12.2 Å². The molecule has 4 rings (SSSR count). The summed E-state index contributed by atoms with van der Waals surface area (Å²) in [6.07, 6.45) is 5.99. The first-order chi connectivity index (χ1) is 17.4. The van der Waals surface area contributed by atoms with Gasteiger partial charge in [0.05, 0.1) is 26.4 Å². The van der Waals surface area contributed by atoms with Gasteiger partial charge >= 0.3 is 0 Å². The number of allylic oxidation sites excluding steroid dienone is 2. The minimum atomic E-state index is -0.840. The molecular formula is C31H40O6. The van der Waals surface area contributed by atoms with Crippen molar-refractivity contribution in [3.63, 3.8) is 0 Å². The fraction of sp³-hybridized carbons (Fsp3) is 0.484. The van der Waals surface area contributed by atoms with Crippen LogP contribution in [0.3, 0.4) is 0 Å². The molecule has 1 heterocycles. The quantitative estimate of drug-likeness (QED) is 0.350. The Bertz CT molecular complexity index is 1220. The molecule has 0 saturated heterocycles. The summed E-state index contributed by atoms with van der Waals surface area (Å²) in [6.45, 7) is 10.1. The van der Waals surface area contributed by atoms with Gasteiger partial charge in [0.2, 0.25) is 0 Å². The maximum Gasteiger partial charge on any atom is 0.165 e. The van der Waals surface area contributed by atoms with Crippen LogP contribution in [0.15, 0.2) is 35.9 Å². The third-order valence-electron chi connectivity index (χ3n) is 8.12. The summed E-state index contributed by atoms with van der Waals surface area (Å²) in [7, 11) is 3.23. The molecule has 0 unspecified atom stereocenters. The topological polar surface area (TPSA) is 88.4 Å². The fourth-order valence-corrected chi connectivity index (χ4v) is 6.04. The Morgan fingerprint density at radius 3 is 2.24 bits per heavy atom. The van der Waals surface area contributed by atoms with E-state index in [1.165, 1.54) is 5.57 Å². The summed E-state index contributed by atoms with van der Waals surface area (Å²) >= 11 is 0. The van der Waals surface area contributed by atoms with Crippen LogP contribution in [0.4, 0.5) is 0 Å². The molecule has 2 aliphatic rings. The first kappa shape index (κ1) is 27.1. The highest BCUT2D eigenvalue weighted by atomic mass is 16.5. The molecule has 4 atom stereocenters. The number of phenolic OH excluding ortho intramolecular Hbond substituents is 1. The summed E-state index contributed by atoms with van der Waals surface area (Å²) in [5.74, 6) is 2.19. The van der Waals surface area contributed by atoms with Crippen molar-refractivity contribution in [3.8, 4) is 23.0 Å². The third kappa shape index (κ3) is 5.10. The molecule has 0 spiro atoms. The molecule has 2 aromatic rings. The smallest absolute Gasteiger partial charge is 0.165 e. The molecule has 2 aromatic carbocycles. The Morgan fingerprint density at radius 1 is 1.00 bits per heavy atom. The van der Waals surface area contributed by atoms with Gasteiger partial charge in [0.25, 0.3) is 0 Å². The highest BCUT2D eigenvalue weighted by Crippen LogP contribution is 2.55. The van der Waals surface area contributed by atoms with Crippen molar-refractivity contribution in [2.24, 2.45) is 11.3 Å². The molecule has 6 nitrogen and oxygen atoms in total. The van der Waals surface area contributed by atoms with E-state index in [2.05, 4.69) is 12.1 Å². The molecule has 3 N–H and O–H groups in total. The van der Waals surface area contributed by atoms with Crippen LogP contribution in [0, 0.1) is 11.3 Å². The van der Waals surface area contributed by atoms with Gasteiger partial charge in [-0.3, -0.25) is 0 Å². The first-order valence-corrected chi connectivity index (χ1v) is 12.9. The van der Waals surface area contributed by atoms with Gasteiger partial charge in [0.15, 0.2) is 11.5 Å². The van der Waals surface area contributed by atoms with Crippen molar-refractivity contribution in [1.29, 1.82) is 0 Å². The van der Waals surface area contributed by atoms with Gasteiger partial charge in [-0.15, -0.1) is 0 Å². The maximum absolute atomic E-state index is 10.7. The van der Waals surface area contributed by atoms with Gasteiger partial charge in [-0.05, 0) is 74.6 Å². The molecule has 0 radical (unpaired) electrons. The van der Waals surface area contributed by atoms with Gasteiger partial charge in [-0.1, -0.05) is 37.6 Å². The van der Waals surface area contributed by atoms with Crippen LogP contribution in [0.2, 0.25) is 0 Å². The zero-order chi connectivity index (χ0) is 27.1. The number of aliphatic hydroxyl groups is 2. The van der Waals surface area contributed by atoms with Gasteiger partial charge < -0.3 is 29.5 Å². The number of aromatic hydroxyl groups is 1. The van der Waals surface area contributed by atoms with Crippen molar-refractivity contribution in [2.45, 2.75) is 71.7 Å². The fourth-order valence-electron chi connectivity index (χ4n) is 6.04. The van der Waals surface area contributed by atoms with Crippen molar-refractivity contribution in [1.82, 2.24) is 0 Å². The zero-order valence-electron chi connectivity index (χ0n) is 23.0. The average molecular weight is 509 g/mol. The Labute approximate surface area is 220 Å². The highest BCUT2D eigenvalue weighted by Gasteiger charge is 2.58. The Morgan fingerprint density at radius 2 is 1.62 bits per heavy atom. The number of hydrogen-bond acceptors (Lipinski definition) is 6. The number of ether oxygens (including phenoxy) is 3. The summed E-state index contributed by atoms with van der Waals surface area (Å²) in [4.78, 5) is 0. The molecule has 6 heteroatoms. The third-order valence-corrected chi connectivity index (χ3v) is 8.12. The van der Waals surface area contributed by atoms with Crippen molar-refractivity contribution in [2.75, 3.05) is 14.2 Å². The Hall–Kier alpha value is -2.96. The van der Waals surface area contributed by atoms with Crippen LogP contribution in [-0.2, 0) is 12.8 Å². The largest absolute Gasteiger partial charge is 0.507 e. The zero-order valence-corrected chi connectivity index (χ0v) is 23.0. The second-order valence-corrected chi connectivity index (χ2v) is 11.5. The second kappa shape index (κ2) is 10.1. The first-order valence-electron chi connectivity index (χ1n) is 12.9. The summed E-state index contributed by atoms with van der Waals surface area (Å²) in [5.41, 5.74) is 3.57. The van der Waals surface area contributed by atoms with Crippen LogP contribution in [0.5, 0.6) is 23.0 Å². The van der Waals surface area contributed by atoms with E-state index in [4.69, 9.17) is 14.2 Å². The molecule has 1 aliphatic heterocycles. The standard InChI is InChI=1S/C31H40O6/c1-18(2)8-11-22-23(32)13-20(14-25(22)35-6)10-9-19-12-21-16-27-30(3,4)29(34)24(33)17-31(27,5)37-28(21)26(15-19)36-7/h8-10,12-15,24,27,29,32-34H,11,16-17H2,1-7H3/t24-,27-,29-,31-/m1/s1. The van der Waals surface area contributed by atoms with Crippen LogP contribution >= 0.6 is 0 Å². The minimum Gasteiger partial charge on any atom is -0.507 e. The van der Waals surface area contributed by atoms with Crippen LogP contribution < -0.4 is 14.2 Å². The summed E-state index contributed by atoms with van der Waals surface area (Å²) in [6, 6.07) is 7.68. The predicted octanol–water partition coefficient (Wildman–Crippen LogP) is 5.55. The molecular weight excluding hydrogens is 468 g/mol. The SMILES string of the molecule is COc1cc(C=Cc2cc3c(c(OC)c2)O[C@]2(C)C[C@@H](O)[C@@H](O)C(C)(C)[C@H]2C3)cc(O)c1CC=C(C)C. The number of phenols is 1. The lowest BCUT2D eigenvalue weighted by molar-refractivity contribution is -0.187. The maximum atomic E-state index is 10.7. The van der Waals surface area contributed by atoms with E-state index in [-0.39, 0.29) is 11.7 Å². The molecule has 1 saturated carbocycles. The highest BCUT2D eigenvalue weighted by molar-refractivity contribution is 5.74. The number of rotatable bonds is 6. The van der Waals surface area contributed by atoms with E-state index in [1.54, 1.807) is 20.3 Å². The van der Waals surface area contributed by atoms with Crippen molar-refractivity contribution < 1.29 is 29.5 Å². The molecule has 1 fully saturated rings. The molecule has 1 aliphatic carbocycles. The second-order valence-electron chi connectivity index (χ2n) is 11.5. The Kier molecular flexibility index (Phi) is 7.37. The van der Waals surface area contributed by atoms with E-state index in [0.717, 1.165) is 22.3 Å². The number of fused-ring (bicyclic) bond motifs is 2. The number of benzene rings is 2. The van der Waals surface area contributed by atoms with Crippen LogP contribution in [-0.4, -0.2) is 47.3 Å². The lowest BCUT2D eigenvalue weighted by Crippen LogP contribution is -2.63. The van der Waals surface area contributed by atoms with E-state index in [1.807, 2.05) is 58.9 Å².